The summed E-state index contributed by atoms with van der Waals surface area (Å²) in [5.74, 6) is 0. The van der Waals surface area contributed by atoms with Crippen LogP contribution in [0.3, 0.4) is 0 Å². The summed E-state index contributed by atoms with van der Waals surface area (Å²) in [6, 6.07) is 0. The second kappa shape index (κ2) is 9.34. The third-order valence-electron chi connectivity index (χ3n) is 4.32. The van der Waals surface area contributed by atoms with Crippen LogP contribution in [0.25, 0.3) is 0 Å². The zero-order valence-electron chi connectivity index (χ0n) is 15.1. The van der Waals surface area contributed by atoms with Gasteiger partial charge in [0.25, 0.3) is 0 Å². The molecule has 0 aromatic heterocycles. The first kappa shape index (κ1) is 19.2. The van der Waals surface area contributed by atoms with E-state index in [4.69, 9.17) is 0 Å². The quantitative estimate of drug-likeness (QED) is 0.451. The minimum absolute atomic E-state index is 0.269. The van der Waals surface area contributed by atoms with Crippen molar-refractivity contribution in [2.45, 2.75) is 53.9 Å². The maximum atomic E-state index is 9.95. The van der Waals surface area contributed by atoms with Gasteiger partial charge < -0.3 is 4.74 Å². The van der Waals surface area contributed by atoms with Crippen LogP contribution in [0.15, 0.2) is 58.7 Å². The molecule has 1 rings (SSSR count). The van der Waals surface area contributed by atoms with Crippen molar-refractivity contribution >= 4 is 6.47 Å². The third kappa shape index (κ3) is 6.85. The van der Waals surface area contributed by atoms with Crippen LogP contribution < -0.4 is 0 Å². The van der Waals surface area contributed by atoms with Crippen LogP contribution in [0.5, 0.6) is 0 Å². The number of ether oxygens (including phenoxy) is 1. The van der Waals surface area contributed by atoms with E-state index in [0.29, 0.717) is 0 Å². The molecule has 23 heavy (non-hydrogen) atoms. The lowest BCUT2D eigenvalue weighted by atomic mass is 9.72. The van der Waals surface area contributed by atoms with Gasteiger partial charge in [0, 0.05) is 0 Å². The van der Waals surface area contributed by atoms with E-state index in [1.165, 1.54) is 42.5 Å². The predicted octanol–water partition coefficient (Wildman–Crippen LogP) is 5.60. The fraction of sp³-hybridized carbons (Fsp3) is 0.476. The van der Waals surface area contributed by atoms with Crippen LogP contribution in [-0.2, 0) is 9.53 Å². The molecule has 1 aliphatic carbocycles. The van der Waals surface area contributed by atoms with Crippen molar-refractivity contribution in [3.8, 4) is 0 Å². The Bertz CT molecular complexity index is 554. The van der Waals surface area contributed by atoms with Gasteiger partial charge in [0.05, 0.1) is 0 Å². The summed E-state index contributed by atoms with van der Waals surface area (Å²) in [7, 11) is 0. The molecular weight excluding hydrogens is 284 g/mol. The average Bonchev–Trinajstić information content (AvgIpc) is 2.46. The fourth-order valence-electron chi connectivity index (χ4n) is 2.91. The second-order valence-electron chi connectivity index (χ2n) is 6.88. The molecule has 2 nitrogen and oxygen atoms in total. The van der Waals surface area contributed by atoms with Crippen molar-refractivity contribution in [2.75, 3.05) is 6.61 Å². The molecule has 2 heteroatoms. The molecule has 1 radical (unpaired) electrons. The second-order valence-corrected chi connectivity index (χ2v) is 6.88. The van der Waals surface area contributed by atoms with E-state index in [-0.39, 0.29) is 12.0 Å². The van der Waals surface area contributed by atoms with Gasteiger partial charge in [-0.2, -0.15) is 0 Å². The first-order chi connectivity index (χ1) is 10.9. The van der Waals surface area contributed by atoms with E-state index < -0.39 is 0 Å². The highest BCUT2D eigenvalue weighted by molar-refractivity contribution is 5.39. The van der Waals surface area contributed by atoms with E-state index >= 15 is 0 Å². The number of hydrogen-bond donors (Lipinski definition) is 0. The van der Waals surface area contributed by atoms with Crippen molar-refractivity contribution in [1.82, 2.24) is 0 Å². The average molecular weight is 313 g/mol. The normalized spacial score (nSPS) is 19.7. The van der Waals surface area contributed by atoms with Gasteiger partial charge in [0.15, 0.2) is 0 Å². The van der Waals surface area contributed by atoms with Gasteiger partial charge in [-0.15, -0.1) is 0 Å². The maximum Gasteiger partial charge on any atom is 0.417 e. The highest BCUT2D eigenvalue weighted by Crippen LogP contribution is 2.40. The zero-order chi connectivity index (χ0) is 17.3. The maximum absolute atomic E-state index is 9.95. The molecule has 0 saturated heterocycles. The Morgan fingerprint density at radius 1 is 1.26 bits per heavy atom. The molecule has 125 valence electrons. The Morgan fingerprint density at radius 2 is 2.00 bits per heavy atom. The van der Waals surface area contributed by atoms with Crippen molar-refractivity contribution in [1.29, 1.82) is 0 Å². The monoisotopic (exact) mass is 313 g/mol. The Labute approximate surface area is 141 Å². The largest absolute Gasteiger partial charge is 0.453 e. The molecule has 0 saturated carbocycles. The highest BCUT2D eigenvalue weighted by Gasteiger charge is 2.26. The van der Waals surface area contributed by atoms with Crippen LogP contribution in [0, 0.1) is 5.41 Å². The zero-order valence-corrected chi connectivity index (χ0v) is 15.1. The summed E-state index contributed by atoms with van der Waals surface area (Å²) in [5, 5.41) is 0. The summed E-state index contributed by atoms with van der Waals surface area (Å²) in [6.07, 6.45) is 16.2. The number of allylic oxidation sites excluding steroid dienone is 9. The SMILES string of the molecule is CC(C=CC1=C(C)CCCC1(C)C)=CC=CC(C)=CCO[C]=O. The molecule has 0 aromatic rings. The molecule has 0 aliphatic heterocycles. The fourth-order valence-corrected chi connectivity index (χ4v) is 2.91. The van der Waals surface area contributed by atoms with E-state index in [1.54, 1.807) is 0 Å². The molecule has 0 fully saturated rings. The number of hydrogen-bond acceptors (Lipinski definition) is 2. The number of carbonyl (C=O) groups excluding carboxylic acids is 1. The summed E-state index contributed by atoms with van der Waals surface area (Å²) in [4.78, 5) is 9.95. The van der Waals surface area contributed by atoms with Crippen LogP contribution in [-0.4, -0.2) is 13.1 Å². The highest BCUT2D eigenvalue weighted by atomic mass is 16.5. The molecule has 0 spiro atoms. The Hall–Kier alpha value is -1.83. The van der Waals surface area contributed by atoms with E-state index in [9.17, 15) is 4.79 Å². The standard InChI is InChI=1S/C21H29O2/c1-17(8-6-9-18(2)13-15-23-16-22)11-12-20-19(3)10-7-14-21(20,4)5/h6,8-9,11-13H,7,10,14-15H2,1-5H3. The van der Waals surface area contributed by atoms with Gasteiger partial charge in [0.1, 0.15) is 6.61 Å². The van der Waals surface area contributed by atoms with Gasteiger partial charge in [-0.1, -0.05) is 60.9 Å². The molecular formula is C21H29O2. The van der Waals surface area contributed by atoms with Gasteiger partial charge >= 0.3 is 6.47 Å². The molecule has 0 atom stereocenters. The van der Waals surface area contributed by atoms with Gasteiger partial charge in [-0.3, -0.25) is 0 Å². The van der Waals surface area contributed by atoms with E-state index in [0.717, 1.165) is 5.57 Å². The number of rotatable bonds is 7. The summed E-state index contributed by atoms with van der Waals surface area (Å²) >= 11 is 0. The minimum atomic E-state index is 0.269. The summed E-state index contributed by atoms with van der Waals surface area (Å²) < 4.78 is 4.52. The molecule has 0 N–H and O–H groups in total. The topological polar surface area (TPSA) is 26.3 Å². The third-order valence-corrected chi connectivity index (χ3v) is 4.32. The lowest BCUT2D eigenvalue weighted by molar-refractivity contribution is 0.313. The summed E-state index contributed by atoms with van der Waals surface area (Å²) in [6.45, 7) is 12.7. The predicted molar refractivity (Wildman–Crippen MR) is 97.8 cm³/mol. The van der Waals surface area contributed by atoms with Crippen molar-refractivity contribution < 1.29 is 9.53 Å². The van der Waals surface area contributed by atoms with Crippen LogP contribution >= 0.6 is 0 Å². The van der Waals surface area contributed by atoms with Gasteiger partial charge in [0.2, 0.25) is 0 Å². The molecule has 0 heterocycles. The molecule has 0 amide bonds. The lowest BCUT2D eigenvalue weighted by Gasteiger charge is -2.32. The van der Waals surface area contributed by atoms with Crippen molar-refractivity contribution in [3.63, 3.8) is 0 Å². The van der Waals surface area contributed by atoms with E-state index in [2.05, 4.69) is 50.7 Å². The minimum Gasteiger partial charge on any atom is -0.453 e. The van der Waals surface area contributed by atoms with Crippen molar-refractivity contribution in [2.24, 2.45) is 5.41 Å². The first-order valence-electron chi connectivity index (χ1n) is 8.26. The summed E-state index contributed by atoms with van der Waals surface area (Å²) in [5.41, 5.74) is 5.56. The van der Waals surface area contributed by atoms with Crippen molar-refractivity contribution in [3.05, 3.63) is 58.7 Å². The first-order valence-corrected chi connectivity index (χ1v) is 8.26. The molecule has 0 unspecified atom stereocenters. The molecule has 0 aromatic carbocycles. The van der Waals surface area contributed by atoms with Gasteiger partial charge in [-0.05, 0) is 57.1 Å². The smallest absolute Gasteiger partial charge is 0.417 e. The molecule has 1 aliphatic rings. The molecule has 0 bridgehead atoms. The Balaban J connectivity index is 2.69. The Kier molecular flexibility index (Phi) is 7.80. The Morgan fingerprint density at radius 3 is 2.65 bits per heavy atom. The van der Waals surface area contributed by atoms with Gasteiger partial charge in [-0.25, -0.2) is 4.79 Å². The van der Waals surface area contributed by atoms with Crippen LogP contribution in [0.1, 0.15) is 53.9 Å². The van der Waals surface area contributed by atoms with Crippen LogP contribution in [0.2, 0.25) is 0 Å². The lowest BCUT2D eigenvalue weighted by Crippen LogP contribution is -2.19. The van der Waals surface area contributed by atoms with Crippen LogP contribution in [0.4, 0.5) is 0 Å². The van der Waals surface area contributed by atoms with E-state index in [1.807, 2.05) is 25.2 Å².